The number of aromatic nitrogens is 1. The van der Waals surface area contributed by atoms with E-state index < -0.39 is 0 Å². The van der Waals surface area contributed by atoms with Crippen LogP contribution in [0.3, 0.4) is 0 Å². The molecule has 1 unspecified atom stereocenters. The third-order valence-corrected chi connectivity index (χ3v) is 4.48. The minimum Gasteiger partial charge on any atom is -0.463 e. The van der Waals surface area contributed by atoms with Gasteiger partial charge in [-0.1, -0.05) is 31.5 Å². The van der Waals surface area contributed by atoms with E-state index in [9.17, 15) is 0 Å². The number of rotatable bonds is 5. The first-order chi connectivity index (χ1) is 10.8. The van der Waals surface area contributed by atoms with E-state index in [2.05, 4.69) is 23.8 Å². The summed E-state index contributed by atoms with van der Waals surface area (Å²) in [6.45, 7) is 4.46. The summed E-state index contributed by atoms with van der Waals surface area (Å²) in [5.41, 5.74) is 2.08. The fourth-order valence-corrected chi connectivity index (χ4v) is 3.59. The number of hydrogen-bond acceptors (Lipinski definition) is 3. The Morgan fingerprint density at radius 2 is 2.00 bits per heavy atom. The van der Waals surface area contributed by atoms with Gasteiger partial charge in [0.15, 0.2) is 10.6 Å². The zero-order valence-corrected chi connectivity index (χ0v) is 13.7. The third kappa shape index (κ3) is 3.07. The van der Waals surface area contributed by atoms with Crippen LogP contribution in [0.15, 0.2) is 63.5 Å². The maximum Gasteiger partial charge on any atom is 0.190 e. The van der Waals surface area contributed by atoms with Crippen molar-refractivity contribution in [2.45, 2.75) is 32.7 Å². The molecule has 3 aromatic rings. The molecule has 1 aromatic carbocycles. The highest BCUT2D eigenvalue weighted by atomic mass is 32.1. The predicted octanol–water partition coefficient (Wildman–Crippen LogP) is 5.40. The zero-order chi connectivity index (χ0) is 15.4. The molecule has 0 radical (unpaired) electrons. The molecule has 0 saturated heterocycles. The van der Waals surface area contributed by atoms with E-state index in [1.807, 2.05) is 42.5 Å². The van der Waals surface area contributed by atoms with Crippen LogP contribution in [0, 0.1) is 0 Å². The van der Waals surface area contributed by atoms with Crippen LogP contribution in [-0.2, 0) is 0 Å². The Labute approximate surface area is 134 Å². The first-order valence-electron chi connectivity index (χ1n) is 7.63. The molecule has 0 aliphatic heterocycles. The number of benzene rings is 1. The fraction of sp³-hybridized carbons (Fsp3) is 0.278. The SMILES string of the molecule is CCCC(C)n1c(-c2ccco2)csc1=Nc1ccccc1. The van der Waals surface area contributed by atoms with Crippen LogP contribution in [0.25, 0.3) is 11.5 Å². The van der Waals surface area contributed by atoms with Gasteiger partial charge < -0.3 is 8.98 Å². The maximum atomic E-state index is 5.60. The van der Waals surface area contributed by atoms with Crippen LogP contribution >= 0.6 is 11.3 Å². The molecule has 0 saturated carbocycles. The second-order valence-corrected chi connectivity index (χ2v) is 6.17. The lowest BCUT2D eigenvalue weighted by molar-refractivity contribution is 0.485. The van der Waals surface area contributed by atoms with Gasteiger partial charge in [-0.05, 0) is 37.6 Å². The lowest BCUT2D eigenvalue weighted by Crippen LogP contribution is -2.19. The molecule has 0 bridgehead atoms. The van der Waals surface area contributed by atoms with Gasteiger partial charge >= 0.3 is 0 Å². The highest BCUT2D eigenvalue weighted by molar-refractivity contribution is 7.07. The van der Waals surface area contributed by atoms with Crippen molar-refractivity contribution in [1.82, 2.24) is 4.57 Å². The molecule has 0 N–H and O–H groups in total. The lowest BCUT2D eigenvalue weighted by atomic mass is 10.2. The molecule has 0 aliphatic rings. The standard InChI is InChI=1S/C18H20N2OS/c1-3-8-14(2)20-16(17-11-7-12-21-17)13-22-18(20)19-15-9-5-4-6-10-15/h4-7,9-14H,3,8H2,1-2H3. The Kier molecular flexibility index (Phi) is 4.59. The number of furan rings is 1. The fourth-order valence-electron chi connectivity index (χ4n) is 2.59. The van der Waals surface area contributed by atoms with Crippen LogP contribution in [0.5, 0.6) is 0 Å². The van der Waals surface area contributed by atoms with E-state index >= 15 is 0 Å². The molecule has 0 fully saturated rings. The topological polar surface area (TPSA) is 30.4 Å². The molecular weight excluding hydrogens is 292 g/mol. The Hall–Kier alpha value is -2.07. The summed E-state index contributed by atoms with van der Waals surface area (Å²) >= 11 is 1.66. The molecule has 0 aliphatic carbocycles. The van der Waals surface area contributed by atoms with Gasteiger partial charge in [0.05, 0.1) is 17.6 Å². The molecule has 2 heterocycles. The number of hydrogen-bond donors (Lipinski definition) is 0. The normalized spacial score (nSPS) is 13.5. The Bertz CT molecular complexity index is 769. The smallest absolute Gasteiger partial charge is 0.190 e. The van der Waals surface area contributed by atoms with Gasteiger partial charge in [0.2, 0.25) is 0 Å². The molecule has 2 aromatic heterocycles. The zero-order valence-electron chi connectivity index (χ0n) is 12.9. The second kappa shape index (κ2) is 6.79. The molecule has 4 heteroatoms. The molecule has 3 rings (SSSR count). The molecule has 0 amide bonds. The molecule has 1 atom stereocenters. The van der Waals surface area contributed by atoms with Crippen LogP contribution in [0.2, 0.25) is 0 Å². The molecule has 22 heavy (non-hydrogen) atoms. The van der Waals surface area contributed by atoms with Crippen molar-refractivity contribution in [3.05, 3.63) is 58.9 Å². The quantitative estimate of drug-likeness (QED) is 0.620. The van der Waals surface area contributed by atoms with Crippen LogP contribution in [0.4, 0.5) is 5.69 Å². The van der Waals surface area contributed by atoms with Gasteiger partial charge in [-0.3, -0.25) is 0 Å². The number of para-hydroxylation sites is 1. The number of nitrogens with zero attached hydrogens (tertiary/aromatic N) is 2. The summed E-state index contributed by atoms with van der Waals surface area (Å²) in [7, 11) is 0. The van der Waals surface area contributed by atoms with Gasteiger partial charge in [-0.15, -0.1) is 11.3 Å². The van der Waals surface area contributed by atoms with Crippen molar-refractivity contribution < 1.29 is 4.42 Å². The summed E-state index contributed by atoms with van der Waals surface area (Å²) in [5, 5.41) is 2.13. The van der Waals surface area contributed by atoms with Crippen molar-refractivity contribution in [3.63, 3.8) is 0 Å². The second-order valence-electron chi connectivity index (χ2n) is 5.34. The van der Waals surface area contributed by atoms with E-state index in [4.69, 9.17) is 9.41 Å². The summed E-state index contributed by atoms with van der Waals surface area (Å²) in [6.07, 6.45) is 3.98. The van der Waals surface area contributed by atoms with Gasteiger partial charge in [0, 0.05) is 11.4 Å². The van der Waals surface area contributed by atoms with Crippen molar-refractivity contribution in [3.8, 4) is 11.5 Å². The maximum absolute atomic E-state index is 5.60. The highest BCUT2D eigenvalue weighted by Crippen LogP contribution is 2.26. The Balaban J connectivity index is 2.13. The largest absolute Gasteiger partial charge is 0.463 e. The van der Waals surface area contributed by atoms with Crippen LogP contribution < -0.4 is 4.80 Å². The first kappa shape index (κ1) is 14.9. The average Bonchev–Trinajstić information content (AvgIpc) is 3.17. The van der Waals surface area contributed by atoms with Crippen molar-refractivity contribution in [1.29, 1.82) is 0 Å². The summed E-state index contributed by atoms with van der Waals surface area (Å²) in [4.78, 5) is 5.83. The van der Waals surface area contributed by atoms with Crippen LogP contribution in [-0.4, -0.2) is 4.57 Å². The summed E-state index contributed by atoms with van der Waals surface area (Å²) < 4.78 is 7.89. The average molecular weight is 312 g/mol. The highest BCUT2D eigenvalue weighted by Gasteiger charge is 2.15. The lowest BCUT2D eigenvalue weighted by Gasteiger charge is -2.15. The Morgan fingerprint density at radius 3 is 2.68 bits per heavy atom. The molecular formula is C18H20N2OS. The van der Waals surface area contributed by atoms with E-state index in [0.717, 1.165) is 34.8 Å². The van der Waals surface area contributed by atoms with Gasteiger partial charge in [0.25, 0.3) is 0 Å². The Morgan fingerprint density at radius 1 is 1.18 bits per heavy atom. The monoisotopic (exact) mass is 312 g/mol. The van der Waals surface area contributed by atoms with Crippen molar-refractivity contribution in [2.75, 3.05) is 0 Å². The predicted molar refractivity (Wildman–Crippen MR) is 91.3 cm³/mol. The molecule has 114 valence electrons. The molecule has 3 nitrogen and oxygen atoms in total. The minimum absolute atomic E-state index is 0.388. The van der Waals surface area contributed by atoms with Crippen LogP contribution in [0.1, 0.15) is 32.7 Å². The van der Waals surface area contributed by atoms with Gasteiger partial charge in [-0.25, -0.2) is 4.99 Å². The third-order valence-electron chi connectivity index (χ3n) is 3.64. The van der Waals surface area contributed by atoms with Crippen molar-refractivity contribution >= 4 is 17.0 Å². The van der Waals surface area contributed by atoms with E-state index in [-0.39, 0.29) is 0 Å². The summed E-state index contributed by atoms with van der Waals surface area (Å²) in [6, 6.07) is 14.4. The van der Waals surface area contributed by atoms with Gasteiger partial charge in [-0.2, -0.15) is 0 Å². The first-order valence-corrected chi connectivity index (χ1v) is 8.51. The summed E-state index contributed by atoms with van der Waals surface area (Å²) in [5.74, 6) is 0.897. The van der Waals surface area contributed by atoms with E-state index in [1.165, 1.54) is 0 Å². The van der Waals surface area contributed by atoms with E-state index in [0.29, 0.717) is 6.04 Å². The van der Waals surface area contributed by atoms with E-state index in [1.54, 1.807) is 17.6 Å². The number of thiazole rings is 1. The van der Waals surface area contributed by atoms with Gasteiger partial charge in [0.1, 0.15) is 0 Å². The minimum atomic E-state index is 0.388. The van der Waals surface area contributed by atoms with Crippen molar-refractivity contribution in [2.24, 2.45) is 4.99 Å². The molecule has 0 spiro atoms.